The zero-order chi connectivity index (χ0) is 15.3. The first-order chi connectivity index (χ1) is 9.19. The second kappa shape index (κ2) is 6.58. The zero-order valence-corrected chi connectivity index (χ0v) is 11.7. The maximum atomic E-state index is 12.3. The highest BCUT2D eigenvalue weighted by molar-refractivity contribution is 5.36. The van der Waals surface area contributed by atoms with Crippen LogP contribution in [-0.4, -0.2) is 40.3 Å². The van der Waals surface area contributed by atoms with Crippen molar-refractivity contribution < 1.29 is 17.9 Å². The van der Waals surface area contributed by atoms with Crippen molar-refractivity contribution in [2.24, 2.45) is 0 Å². The Morgan fingerprint density at radius 2 is 1.70 bits per heavy atom. The maximum absolute atomic E-state index is 12.3. The van der Waals surface area contributed by atoms with Crippen LogP contribution >= 0.6 is 0 Å². The summed E-state index contributed by atoms with van der Waals surface area (Å²) in [6.07, 6.45) is -5.38. The lowest BCUT2D eigenvalue weighted by Crippen LogP contribution is -2.25. The van der Waals surface area contributed by atoms with Crippen molar-refractivity contribution in [1.82, 2.24) is 15.0 Å². The molecule has 1 atom stereocenters. The van der Waals surface area contributed by atoms with Crippen molar-refractivity contribution >= 4 is 11.9 Å². The topological polar surface area (TPSA) is 72.0 Å². The fourth-order valence-electron chi connectivity index (χ4n) is 1.41. The van der Waals surface area contributed by atoms with Crippen LogP contribution in [0.15, 0.2) is 0 Å². The molecular formula is C11H18F3N5O. The van der Waals surface area contributed by atoms with Crippen LogP contribution in [0.1, 0.15) is 27.2 Å². The second-order valence-electron chi connectivity index (χ2n) is 4.55. The van der Waals surface area contributed by atoms with E-state index in [1.165, 1.54) is 6.92 Å². The Morgan fingerprint density at radius 1 is 1.10 bits per heavy atom. The van der Waals surface area contributed by atoms with Gasteiger partial charge < -0.3 is 15.4 Å². The number of nitrogens with one attached hydrogen (secondary N) is 2. The molecule has 114 valence electrons. The summed E-state index contributed by atoms with van der Waals surface area (Å²) in [6, 6.07) is -0.796. The van der Waals surface area contributed by atoms with Crippen molar-refractivity contribution in [2.75, 3.05) is 17.7 Å². The van der Waals surface area contributed by atoms with Crippen LogP contribution < -0.4 is 15.4 Å². The van der Waals surface area contributed by atoms with Gasteiger partial charge >= 0.3 is 12.2 Å². The van der Waals surface area contributed by atoms with Gasteiger partial charge in [-0.25, -0.2) is 0 Å². The van der Waals surface area contributed by atoms with Gasteiger partial charge in [-0.05, 0) is 20.8 Å². The van der Waals surface area contributed by atoms with Crippen LogP contribution in [0.2, 0.25) is 0 Å². The molecule has 6 nitrogen and oxygen atoms in total. The van der Waals surface area contributed by atoms with Gasteiger partial charge in [0, 0.05) is 13.1 Å². The molecule has 0 saturated heterocycles. The number of alkyl halides is 3. The molecule has 1 heterocycles. The second-order valence-corrected chi connectivity index (χ2v) is 4.55. The predicted octanol–water partition coefficient (Wildman–Crippen LogP) is 2.45. The Labute approximate surface area is 115 Å². The fourth-order valence-corrected chi connectivity index (χ4v) is 1.41. The minimum Gasteiger partial charge on any atom is -0.461 e. The molecule has 0 saturated carbocycles. The summed E-state index contributed by atoms with van der Waals surface area (Å²) in [5, 5.41) is 5.28. The van der Waals surface area contributed by atoms with Crippen LogP contribution in [0.5, 0.6) is 6.01 Å². The summed E-state index contributed by atoms with van der Waals surface area (Å²) in [7, 11) is 1.59. The molecule has 20 heavy (non-hydrogen) atoms. The molecule has 0 aliphatic rings. The molecule has 0 amide bonds. The smallest absolute Gasteiger partial charge is 0.391 e. The Bertz CT molecular complexity index is 439. The Balaban J connectivity index is 2.83. The van der Waals surface area contributed by atoms with E-state index in [0.29, 0.717) is 0 Å². The molecule has 0 aromatic carbocycles. The van der Waals surface area contributed by atoms with E-state index in [1.54, 1.807) is 20.9 Å². The van der Waals surface area contributed by atoms with Gasteiger partial charge in [-0.15, -0.1) is 0 Å². The Hall–Kier alpha value is -1.80. The lowest BCUT2D eigenvalue weighted by atomic mass is 10.2. The highest BCUT2D eigenvalue weighted by Crippen LogP contribution is 2.23. The van der Waals surface area contributed by atoms with E-state index >= 15 is 0 Å². The first-order valence-corrected chi connectivity index (χ1v) is 6.13. The van der Waals surface area contributed by atoms with Crippen molar-refractivity contribution in [3.8, 4) is 6.01 Å². The predicted molar refractivity (Wildman–Crippen MR) is 68.9 cm³/mol. The van der Waals surface area contributed by atoms with Crippen LogP contribution in [-0.2, 0) is 0 Å². The van der Waals surface area contributed by atoms with Crippen LogP contribution in [0.3, 0.4) is 0 Å². The monoisotopic (exact) mass is 293 g/mol. The number of nitrogens with zero attached hydrogens (tertiary/aromatic N) is 3. The SMILES string of the molecule is CNc1nc(NC(C)CC(F)(F)F)nc(OC(C)C)n1. The number of anilines is 2. The molecule has 1 unspecified atom stereocenters. The van der Waals surface area contributed by atoms with Crippen molar-refractivity contribution in [2.45, 2.75) is 45.5 Å². The van der Waals surface area contributed by atoms with Gasteiger partial charge in [0.2, 0.25) is 11.9 Å². The van der Waals surface area contributed by atoms with Gasteiger partial charge in [0.25, 0.3) is 0 Å². The highest BCUT2D eigenvalue weighted by atomic mass is 19.4. The number of hydrogen-bond acceptors (Lipinski definition) is 6. The van der Waals surface area contributed by atoms with E-state index in [-0.39, 0.29) is 24.0 Å². The molecule has 1 aromatic heterocycles. The third kappa shape index (κ3) is 5.89. The average molecular weight is 293 g/mol. The molecule has 0 aliphatic carbocycles. The number of halogens is 3. The molecule has 0 fully saturated rings. The van der Waals surface area contributed by atoms with E-state index in [4.69, 9.17) is 4.74 Å². The summed E-state index contributed by atoms with van der Waals surface area (Å²) < 4.78 is 42.1. The lowest BCUT2D eigenvalue weighted by Gasteiger charge is -2.16. The van der Waals surface area contributed by atoms with Gasteiger partial charge in [0.1, 0.15) is 0 Å². The van der Waals surface area contributed by atoms with Gasteiger partial charge in [0.05, 0.1) is 12.5 Å². The summed E-state index contributed by atoms with van der Waals surface area (Å²) in [5.41, 5.74) is 0. The minimum atomic E-state index is -4.25. The van der Waals surface area contributed by atoms with E-state index < -0.39 is 18.6 Å². The molecule has 0 aliphatic heterocycles. The van der Waals surface area contributed by atoms with Crippen molar-refractivity contribution in [3.05, 3.63) is 0 Å². The fraction of sp³-hybridized carbons (Fsp3) is 0.727. The van der Waals surface area contributed by atoms with Crippen molar-refractivity contribution in [1.29, 1.82) is 0 Å². The van der Waals surface area contributed by atoms with Gasteiger partial charge in [-0.2, -0.15) is 28.1 Å². The lowest BCUT2D eigenvalue weighted by molar-refractivity contribution is -0.136. The molecule has 2 N–H and O–H groups in total. The number of ether oxygens (including phenoxy) is 1. The largest absolute Gasteiger partial charge is 0.461 e. The third-order valence-electron chi connectivity index (χ3n) is 2.09. The van der Waals surface area contributed by atoms with E-state index in [0.717, 1.165) is 0 Å². The van der Waals surface area contributed by atoms with Crippen molar-refractivity contribution in [3.63, 3.8) is 0 Å². The van der Waals surface area contributed by atoms with Crippen LogP contribution in [0.4, 0.5) is 25.1 Å². The zero-order valence-electron chi connectivity index (χ0n) is 11.7. The van der Waals surface area contributed by atoms with E-state index in [9.17, 15) is 13.2 Å². The first kappa shape index (κ1) is 16.3. The number of rotatable bonds is 6. The van der Waals surface area contributed by atoms with Crippen LogP contribution in [0.25, 0.3) is 0 Å². The quantitative estimate of drug-likeness (QED) is 0.839. The average Bonchev–Trinajstić information content (AvgIpc) is 2.24. The van der Waals surface area contributed by atoms with E-state index in [2.05, 4.69) is 25.6 Å². The minimum absolute atomic E-state index is 0.0387. The highest BCUT2D eigenvalue weighted by Gasteiger charge is 2.30. The van der Waals surface area contributed by atoms with Gasteiger partial charge in [-0.1, -0.05) is 0 Å². The summed E-state index contributed by atoms with van der Waals surface area (Å²) >= 11 is 0. The molecule has 1 rings (SSSR count). The Morgan fingerprint density at radius 3 is 2.20 bits per heavy atom. The van der Waals surface area contributed by atoms with Gasteiger partial charge in [0.15, 0.2) is 0 Å². The summed E-state index contributed by atoms with van der Waals surface area (Å²) in [4.78, 5) is 11.8. The van der Waals surface area contributed by atoms with E-state index in [1.807, 2.05) is 0 Å². The number of hydrogen-bond donors (Lipinski definition) is 2. The number of aromatic nitrogens is 3. The molecule has 0 radical (unpaired) electrons. The summed E-state index contributed by atoms with van der Waals surface area (Å²) in [6.45, 7) is 4.99. The molecule has 1 aromatic rings. The van der Waals surface area contributed by atoms with Crippen LogP contribution in [0, 0.1) is 0 Å². The normalized spacial score (nSPS) is 13.2. The van der Waals surface area contributed by atoms with Gasteiger partial charge in [-0.3, -0.25) is 0 Å². The molecular weight excluding hydrogens is 275 g/mol. The first-order valence-electron chi connectivity index (χ1n) is 6.13. The maximum Gasteiger partial charge on any atom is 0.391 e. The Kier molecular flexibility index (Phi) is 5.34. The third-order valence-corrected chi connectivity index (χ3v) is 2.09. The standard InChI is InChI=1S/C11H18F3N5O/c1-6(2)20-10-18-8(15-4)17-9(19-10)16-7(3)5-11(12,13)14/h6-7H,5H2,1-4H3,(H2,15,16,17,18,19). The summed E-state index contributed by atoms with van der Waals surface area (Å²) in [5.74, 6) is 0.258. The molecule has 0 spiro atoms. The molecule has 0 bridgehead atoms. The molecule has 9 heteroatoms.